The van der Waals surface area contributed by atoms with E-state index >= 15 is 0 Å². The third-order valence-electron chi connectivity index (χ3n) is 6.56. The molecule has 4 rings (SSSR count). The SMILES string of the molecule is COc1ccc(CN2C(=O)c3ccccc3C2=O)cc1C(=O)OC(C)C(=O)NC1CCCCCC1. The molecule has 1 saturated carbocycles. The van der Waals surface area contributed by atoms with E-state index in [1.54, 1.807) is 43.3 Å². The first-order chi connectivity index (χ1) is 16.9. The number of benzene rings is 2. The standard InChI is InChI=1S/C27H30N2O6/c1-17(24(30)28-19-9-5-3-4-6-10-19)35-27(33)22-15-18(13-14-23(22)34-2)16-29-25(31)20-11-7-8-12-21(20)26(29)32/h7-8,11-15,17,19H,3-6,9-10,16H2,1-2H3,(H,28,30). The highest BCUT2D eigenvalue weighted by atomic mass is 16.5. The van der Waals surface area contributed by atoms with Crippen LogP contribution in [0.25, 0.3) is 0 Å². The Morgan fingerprint density at radius 3 is 2.23 bits per heavy atom. The number of hydrogen-bond donors (Lipinski definition) is 1. The Kier molecular flexibility index (Phi) is 7.48. The van der Waals surface area contributed by atoms with Crippen molar-refractivity contribution in [2.75, 3.05) is 7.11 Å². The predicted molar refractivity (Wildman–Crippen MR) is 128 cm³/mol. The quantitative estimate of drug-likeness (QED) is 0.368. The van der Waals surface area contributed by atoms with Crippen LogP contribution in [-0.2, 0) is 16.1 Å². The number of amides is 3. The van der Waals surface area contributed by atoms with Crippen molar-refractivity contribution >= 4 is 23.7 Å². The summed E-state index contributed by atoms with van der Waals surface area (Å²) in [6.07, 6.45) is 5.39. The molecule has 1 unspecified atom stereocenters. The van der Waals surface area contributed by atoms with Crippen molar-refractivity contribution in [2.45, 2.75) is 64.1 Å². The Morgan fingerprint density at radius 1 is 1.00 bits per heavy atom. The first-order valence-corrected chi connectivity index (χ1v) is 12.0. The molecule has 8 nitrogen and oxygen atoms in total. The van der Waals surface area contributed by atoms with E-state index in [2.05, 4.69) is 5.32 Å². The number of ether oxygens (including phenoxy) is 2. The molecule has 0 bridgehead atoms. The molecule has 1 fully saturated rings. The van der Waals surface area contributed by atoms with Crippen LogP contribution in [0.3, 0.4) is 0 Å². The smallest absolute Gasteiger partial charge is 0.342 e. The van der Waals surface area contributed by atoms with Crippen LogP contribution in [-0.4, -0.2) is 47.8 Å². The van der Waals surface area contributed by atoms with Gasteiger partial charge in [0.05, 0.1) is 24.8 Å². The number of nitrogens with zero attached hydrogens (tertiary/aromatic N) is 1. The zero-order valence-electron chi connectivity index (χ0n) is 20.0. The lowest BCUT2D eigenvalue weighted by Gasteiger charge is -2.20. The molecule has 2 aromatic carbocycles. The van der Waals surface area contributed by atoms with Gasteiger partial charge in [0.1, 0.15) is 11.3 Å². The summed E-state index contributed by atoms with van der Waals surface area (Å²) in [7, 11) is 1.43. The molecular formula is C27H30N2O6. The molecule has 35 heavy (non-hydrogen) atoms. The number of nitrogens with one attached hydrogen (secondary N) is 1. The van der Waals surface area contributed by atoms with Crippen molar-refractivity contribution in [1.82, 2.24) is 10.2 Å². The molecule has 2 aromatic rings. The third-order valence-corrected chi connectivity index (χ3v) is 6.56. The fourth-order valence-corrected chi connectivity index (χ4v) is 4.60. The second kappa shape index (κ2) is 10.7. The van der Waals surface area contributed by atoms with Gasteiger partial charge in [-0.3, -0.25) is 19.3 Å². The van der Waals surface area contributed by atoms with E-state index in [0.29, 0.717) is 16.7 Å². The van der Waals surface area contributed by atoms with E-state index in [4.69, 9.17) is 9.47 Å². The van der Waals surface area contributed by atoms with Gasteiger partial charge in [0.25, 0.3) is 17.7 Å². The molecule has 2 aliphatic rings. The topological polar surface area (TPSA) is 102 Å². The van der Waals surface area contributed by atoms with Gasteiger partial charge in [-0.05, 0) is 49.6 Å². The molecule has 0 aromatic heterocycles. The molecule has 0 spiro atoms. The van der Waals surface area contributed by atoms with Crippen molar-refractivity contribution in [3.63, 3.8) is 0 Å². The van der Waals surface area contributed by atoms with Gasteiger partial charge in [0.15, 0.2) is 6.10 Å². The number of imide groups is 1. The van der Waals surface area contributed by atoms with Crippen molar-refractivity contribution in [2.24, 2.45) is 0 Å². The Morgan fingerprint density at radius 2 is 1.63 bits per heavy atom. The van der Waals surface area contributed by atoms with Crippen molar-refractivity contribution < 1.29 is 28.7 Å². The van der Waals surface area contributed by atoms with Gasteiger partial charge in [0, 0.05) is 6.04 Å². The molecule has 1 heterocycles. The van der Waals surface area contributed by atoms with E-state index < -0.39 is 12.1 Å². The molecule has 1 aliphatic carbocycles. The third kappa shape index (κ3) is 5.37. The van der Waals surface area contributed by atoms with Gasteiger partial charge in [-0.25, -0.2) is 4.79 Å². The van der Waals surface area contributed by atoms with Gasteiger partial charge in [-0.15, -0.1) is 0 Å². The molecule has 0 radical (unpaired) electrons. The minimum Gasteiger partial charge on any atom is -0.496 e. The molecule has 8 heteroatoms. The van der Waals surface area contributed by atoms with E-state index in [9.17, 15) is 19.2 Å². The minimum absolute atomic E-state index is 0.00561. The predicted octanol–water partition coefficient (Wildman–Crippen LogP) is 3.88. The molecule has 1 aliphatic heterocycles. The normalized spacial score (nSPS) is 16.9. The fraction of sp³-hybridized carbons (Fsp3) is 0.407. The lowest BCUT2D eigenvalue weighted by atomic mass is 10.1. The van der Waals surface area contributed by atoms with Crippen LogP contribution in [0, 0.1) is 0 Å². The van der Waals surface area contributed by atoms with Crippen molar-refractivity contribution in [1.29, 1.82) is 0 Å². The Bertz CT molecular complexity index is 1100. The highest BCUT2D eigenvalue weighted by molar-refractivity contribution is 6.21. The Balaban J connectivity index is 1.44. The molecule has 1 atom stereocenters. The van der Waals surface area contributed by atoms with E-state index in [0.717, 1.165) is 30.6 Å². The van der Waals surface area contributed by atoms with Gasteiger partial charge in [-0.1, -0.05) is 43.9 Å². The average Bonchev–Trinajstić information content (AvgIpc) is 3.03. The monoisotopic (exact) mass is 478 g/mol. The number of hydrogen-bond acceptors (Lipinski definition) is 6. The first-order valence-electron chi connectivity index (χ1n) is 12.0. The highest BCUT2D eigenvalue weighted by Crippen LogP contribution is 2.27. The average molecular weight is 479 g/mol. The molecule has 0 saturated heterocycles. The summed E-state index contributed by atoms with van der Waals surface area (Å²) < 4.78 is 10.8. The molecular weight excluding hydrogens is 448 g/mol. The van der Waals surface area contributed by atoms with Crippen LogP contribution in [0.4, 0.5) is 0 Å². The van der Waals surface area contributed by atoms with Gasteiger partial charge >= 0.3 is 5.97 Å². The maximum atomic E-state index is 13.0. The second-order valence-electron chi connectivity index (χ2n) is 9.02. The fourth-order valence-electron chi connectivity index (χ4n) is 4.60. The van der Waals surface area contributed by atoms with Crippen LogP contribution in [0.2, 0.25) is 0 Å². The summed E-state index contributed by atoms with van der Waals surface area (Å²) in [6, 6.07) is 11.6. The maximum absolute atomic E-state index is 13.0. The van der Waals surface area contributed by atoms with Crippen molar-refractivity contribution in [3.05, 3.63) is 64.7 Å². The number of carbonyl (C=O) groups excluding carboxylic acids is 4. The summed E-state index contributed by atoms with van der Waals surface area (Å²) in [5, 5.41) is 2.99. The number of esters is 1. The molecule has 1 N–H and O–H groups in total. The maximum Gasteiger partial charge on any atom is 0.342 e. The number of carbonyl (C=O) groups is 4. The lowest BCUT2D eigenvalue weighted by molar-refractivity contribution is -0.129. The Hall–Kier alpha value is -3.68. The van der Waals surface area contributed by atoms with Crippen LogP contribution < -0.4 is 10.1 Å². The van der Waals surface area contributed by atoms with Crippen LogP contribution in [0.1, 0.15) is 82.1 Å². The Labute approximate surface area is 204 Å². The largest absolute Gasteiger partial charge is 0.496 e. The van der Waals surface area contributed by atoms with Crippen molar-refractivity contribution in [3.8, 4) is 5.75 Å². The van der Waals surface area contributed by atoms with E-state index in [1.807, 2.05) is 0 Å². The summed E-state index contributed by atoms with van der Waals surface area (Å²) in [5.41, 5.74) is 1.40. The first kappa shape index (κ1) is 24.4. The minimum atomic E-state index is -0.977. The zero-order chi connectivity index (χ0) is 24.9. The number of rotatable bonds is 7. The summed E-state index contributed by atoms with van der Waals surface area (Å²) in [6.45, 7) is 1.54. The summed E-state index contributed by atoms with van der Waals surface area (Å²) >= 11 is 0. The zero-order valence-corrected chi connectivity index (χ0v) is 20.0. The number of methoxy groups -OCH3 is 1. The second-order valence-corrected chi connectivity index (χ2v) is 9.02. The van der Waals surface area contributed by atoms with Gasteiger partial charge in [-0.2, -0.15) is 0 Å². The van der Waals surface area contributed by atoms with Gasteiger partial charge < -0.3 is 14.8 Å². The number of fused-ring (bicyclic) bond motifs is 1. The van der Waals surface area contributed by atoms with E-state index in [-0.39, 0.29) is 41.6 Å². The van der Waals surface area contributed by atoms with Crippen LogP contribution in [0.5, 0.6) is 5.75 Å². The summed E-state index contributed by atoms with van der Waals surface area (Å²) in [5.74, 6) is -1.53. The lowest BCUT2D eigenvalue weighted by Crippen LogP contribution is -2.41. The van der Waals surface area contributed by atoms with Gasteiger partial charge in [0.2, 0.25) is 0 Å². The molecule has 3 amide bonds. The highest BCUT2D eigenvalue weighted by Gasteiger charge is 2.35. The summed E-state index contributed by atoms with van der Waals surface area (Å²) in [4.78, 5) is 52.1. The van der Waals surface area contributed by atoms with Crippen LogP contribution >= 0.6 is 0 Å². The van der Waals surface area contributed by atoms with E-state index in [1.165, 1.54) is 26.0 Å². The van der Waals surface area contributed by atoms with Crippen LogP contribution in [0.15, 0.2) is 42.5 Å². The molecule has 184 valence electrons.